The topological polar surface area (TPSA) is 74.4 Å². The number of nitrogens with zero attached hydrogens (tertiary/aromatic N) is 1. The number of methoxy groups -OCH3 is 2. The van der Waals surface area contributed by atoms with Gasteiger partial charge in [-0.15, -0.1) is 0 Å². The van der Waals surface area contributed by atoms with E-state index in [0.29, 0.717) is 17.3 Å². The third kappa shape index (κ3) is 3.27. The first-order valence-corrected chi connectivity index (χ1v) is 4.71. The second-order valence-corrected chi connectivity index (χ2v) is 3.02. The summed E-state index contributed by atoms with van der Waals surface area (Å²) >= 11 is 0. The van der Waals surface area contributed by atoms with Crippen LogP contribution in [0.25, 0.3) is 6.08 Å². The summed E-state index contributed by atoms with van der Waals surface area (Å²) in [7, 11) is 2.85. The molecule has 2 N–H and O–H groups in total. The van der Waals surface area contributed by atoms with Crippen molar-refractivity contribution in [2.45, 2.75) is 6.42 Å². The predicted molar refractivity (Wildman–Crippen MR) is 60.9 cm³/mol. The number of anilines is 1. The van der Waals surface area contributed by atoms with Crippen LogP contribution in [0.2, 0.25) is 0 Å². The second-order valence-electron chi connectivity index (χ2n) is 3.02. The first-order chi connectivity index (χ1) is 7.67. The van der Waals surface area contributed by atoms with E-state index in [4.69, 9.17) is 10.5 Å². The van der Waals surface area contributed by atoms with Crippen LogP contribution in [0.4, 0.5) is 5.69 Å². The molecule has 0 aliphatic heterocycles. The maximum Gasteiger partial charge on any atom is 0.309 e. The molecule has 0 bridgehead atoms. The zero-order valence-corrected chi connectivity index (χ0v) is 9.27. The molecule has 0 unspecified atom stereocenters. The highest BCUT2D eigenvalue weighted by Gasteiger charge is 2.00. The molecule has 86 valence electrons. The van der Waals surface area contributed by atoms with Gasteiger partial charge in [0.1, 0.15) is 0 Å². The summed E-state index contributed by atoms with van der Waals surface area (Å²) in [4.78, 5) is 15.0. The largest absolute Gasteiger partial charge is 0.480 e. The van der Waals surface area contributed by atoms with Gasteiger partial charge in [-0.1, -0.05) is 6.08 Å². The van der Waals surface area contributed by atoms with Crippen LogP contribution in [0.1, 0.15) is 12.1 Å². The highest BCUT2D eigenvalue weighted by atomic mass is 16.5. The van der Waals surface area contributed by atoms with Crippen molar-refractivity contribution >= 4 is 17.7 Å². The van der Waals surface area contributed by atoms with Crippen molar-refractivity contribution in [2.75, 3.05) is 20.0 Å². The van der Waals surface area contributed by atoms with Gasteiger partial charge in [0.05, 0.1) is 32.0 Å². The van der Waals surface area contributed by atoms with Crippen molar-refractivity contribution < 1.29 is 14.3 Å². The zero-order chi connectivity index (χ0) is 12.0. The lowest BCUT2D eigenvalue weighted by Gasteiger charge is -2.03. The molecular formula is C11H14N2O3. The van der Waals surface area contributed by atoms with E-state index in [1.54, 1.807) is 24.3 Å². The van der Waals surface area contributed by atoms with Gasteiger partial charge in [-0.25, -0.2) is 4.98 Å². The molecule has 0 fully saturated rings. The Morgan fingerprint density at radius 1 is 1.50 bits per heavy atom. The second kappa shape index (κ2) is 5.75. The van der Waals surface area contributed by atoms with Gasteiger partial charge in [-0.05, 0) is 18.2 Å². The fourth-order valence-electron chi connectivity index (χ4n) is 1.08. The number of aromatic nitrogens is 1. The lowest BCUT2D eigenvalue weighted by atomic mass is 10.3. The molecule has 0 radical (unpaired) electrons. The number of carbonyl (C=O) groups excluding carboxylic acids is 1. The van der Waals surface area contributed by atoms with Gasteiger partial charge in [-0.3, -0.25) is 4.79 Å². The third-order valence-corrected chi connectivity index (χ3v) is 1.91. The van der Waals surface area contributed by atoms with Crippen LogP contribution in [0, 0.1) is 0 Å². The van der Waals surface area contributed by atoms with Crippen LogP contribution in [0.3, 0.4) is 0 Å². The van der Waals surface area contributed by atoms with Crippen molar-refractivity contribution in [1.82, 2.24) is 4.98 Å². The maximum atomic E-state index is 10.8. The van der Waals surface area contributed by atoms with E-state index in [1.165, 1.54) is 14.2 Å². The van der Waals surface area contributed by atoms with Crippen molar-refractivity contribution in [1.29, 1.82) is 0 Å². The average Bonchev–Trinajstić information content (AvgIpc) is 2.31. The van der Waals surface area contributed by atoms with Crippen LogP contribution >= 0.6 is 0 Å². The average molecular weight is 222 g/mol. The molecule has 1 heterocycles. The normalized spacial score (nSPS) is 10.4. The highest BCUT2D eigenvalue weighted by molar-refractivity contribution is 5.72. The Bertz CT molecular complexity index is 402. The van der Waals surface area contributed by atoms with Gasteiger partial charge in [0.2, 0.25) is 5.88 Å². The number of rotatable bonds is 4. The summed E-state index contributed by atoms with van der Waals surface area (Å²) in [5.74, 6) is 0.0823. The fraction of sp³-hybridized carbons (Fsp3) is 0.273. The first-order valence-electron chi connectivity index (χ1n) is 4.71. The van der Waals surface area contributed by atoms with Gasteiger partial charge in [0.25, 0.3) is 0 Å². The Morgan fingerprint density at radius 2 is 2.25 bits per heavy atom. The summed E-state index contributed by atoms with van der Waals surface area (Å²) in [5.41, 5.74) is 6.77. The molecule has 1 rings (SSSR count). The summed E-state index contributed by atoms with van der Waals surface area (Å²) < 4.78 is 9.47. The molecular weight excluding hydrogens is 208 g/mol. The molecule has 16 heavy (non-hydrogen) atoms. The number of ether oxygens (including phenoxy) is 2. The van der Waals surface area contributed by atoms with Crippen molar-refractivity contribution in [3.63, 3.8) is 0 Å². The van der Waals surface area contributed by atoms with E-state index in [1.807, 2.05) is 0 Å². The number of pyridine rings is 1. The quantitative estimate of drug-likeness (QED) is 0.776. The van der Waals surface area contributed by atoms with Gasteiger partial charge in [-0.2, -0.15) is 0 Å². The fourth-order valence-corrected chi connectivity index (χ4v) is 1.08. The predicted octanol–water partition coefficient (Wildman–Crippen LogP) is 1.25. The van der Waals surface area contributed by atoms with Gasteiger partial charge >= 0.3 is 5.97 Å². The molecule has 0 aliphatic rings. The summed E-state index contributed by atoms with van der Waals surface area (Å²) in [6.07, 6.45) is 3.59. The van der Waals surface area contributed by atoms with E-state index in [9.17, 15) is 4.79 Å². The van der Waals surface area contributed by atoms with Crippen molar-refractivity contribution in [3.8, 4) is 5.88 Å². The van der Waals surface area contributed by atoms with Crippen LogP contribution in [0.15, 0.2) is 18.2 Å². The van der Waals surface area contributed by atoms with Gasteiger partial charge in [0, 0.05) is 0 Å². The van der Waals surface area contributed by atoms with Crippen LogP contribution in [0.5, 0.6) is 5.88 Å². The molecule has 5 heteroatoms. The molecule has 0 aliphatic carbocycles. The number of hydrogen-bond donors (Lipinski definition) is 1. The molecule has 1 aromatic rings. The molecule has 0 spiro atoms. The summed E-state index contributed by atoms with van der Waals surface area (Å²) in [6, 6.07) is 3.44. The smallest absolute Gasteiger partial charge is 0.309 e. The Labute approximate surface area is 93.9 Å². The van der Waals surface area contributed by atoms with E-state index >= 15 is 0 Å². The lowest BCUT2D eigenvalue weighted by Crippen LogP contribution is -1.97. The zero-order valence-electron chi connectivity index (χ0n) is 9.27. The molecule has 0 saturated heterocycles. The highest BCUT2D eigenvalue weighted by Crippen LogP contribution is 2.18. The number of esters is 1. The van der Waals surface area contributed by atoms with Crippen LogP contribution in [-0.2, 0) is 9.53 Å². The Hall–Kier alpha value is -2.04. The minimum atomic E-state index is -0.293. The van der Waals surface area contributed by atoms with Gasteiger partial charge < -0.3 is 15.2 Å². The monoisotopic (exact) mass is 222 g/mol. The molecule has 0 saturated carbocycles. The standard InChI is InChI=1S/C11H14N2O3/c1-15-10(14)5-3-4-8-6-7-9(12)11(13-8)16-2/h3-4,6-7H,5,12H2,1-2H3. The Kier molecular flexibility index (Phi) is 4.32. The van der Waals surface area contributed by atoms with Crippen LogP contribution < -0.4 is 10.5 Å². The Morgan fingerprint density at radius 3 is 2.88 bits per heavy atom. The van der Waals surface area contributed by atoms with Crippen LogP contribution in [-0.4, -0.2) is 25.2 Å². The van der Waals surface area contributed by atoms with Crippen molar-refractivity contribution in [3.05, 3.63) is 23.9 Å². The third-order valence-electron chi connectivity index (χ3n) is 1.91. The van der Waals surface area contributed by atoms with E-state index in [0.717, 1.165) is 0 Å². The maximum absolute atomic E-state index is 10.8. The number of nitrogens with two attached hydrogens (primary N) is 1. The number of carbonyl (C=O) groups is 1. The van der Waals surface area contributed by atoms with E-state index < -0.39 is 0 Å². The number of nitrogen functional groups attached to an aromatic ring is 1. The molecule has 0 aromatic carbocycles. The summed E-state index contributed by atoms with van der Waals surface area (Å²) in [6.45, 7) is 0. The van der Waals surface area contributed by atoms with Gasteiger partial charge in [0.15, 0.2) is 0 Å². The SMILES string of the molecule is COC(=O)CC=Cc1ccc(N)c(OC)n1. The molecule has 0 atom stereocenters. The summed E-state index contributed by atoms with van der Waals surface area (Å²) in [5, 5.41) is 0. The minimum absolute atomic E-state index is 0.213. The van der Waals surface area contributed by atoms with E-state index in [2.05, 4.69) is 9.72 Å². The number of hydrogen-bond acceptors (Lipinski definition) is 5. The minimum Gasteiger partial charge on any atom is -0.480 e. The first kappa shape index (κ1) is 12.0. The molecule has 0 amide bonds. The molecule has 5 nitrogen and oxygen atoms in total. The molecule has 1 aromatic heterocycles. The Balaban J connectivity index is 2.70. The van der Waals surface area contributed by atoms with E-state index in [-0.39, 0.29) is 12.4 Å². The lowest BCUT2D eigenvalue weighted by molar-refractivity contribution is -0.139. The van der Waals surface area contributed by atoms with Crippen molar-refractivity contribution in [2.24, 2.45) is 0 Å².